The third-order valence-electron chi connectivity index (χ3n) is 4.45. The number of nitro benzene ring substituents is 1. The quantitative estimate of drug-likeness (QED) is 0.326. The molecule has 138 valence electrons. The highest BCUT2D eigenvalue weighted by Gasteiger charge is 2.14. The van der Waals surface area contributed by atoms with Crippen LogP contribution in [0.1, 0.15) is 10.4 Å². The van der Waals surface area contributed by atoms with E-state index in [0.29, 0.717) is 5.56 Å². The number of benzene rings is 3. The van der Waals surface area contributed by atoms with Crippen molar-refractivity contribution in [1.29, 1.82) is 0 Å². The Hall–Kier alpha value is -4.00. The molecule has 0 saturated heterocycles. The summed E-state index contributed by atoms with van der Waals surface area (Å²) in [4.78, 5) is 23.2. The van der Waals surface area contributed by atoms with E-state index >= 15 is 0 Å². The van der Waals surface area contributed by atoms with Crippen molar-refractivity contribution in [3.63, 3.8) is 0 Å². The largest absolute Gasteiger partial charge is 0.301 e. The molecule has 0 fully saturated rings. The first-order chi connectivity index (χ1) is 13.6. The molecule has 0 radical (unpaired) electrons. The number of hydrogen-bond acceptors (Lipinski definition) is 5. The van der Waals surface area contributed by atoms with Crippen LogP contribution in [0.3, 0.4) is 0 Å². The van der Waals surface area contributed by atoms with Crippen LogP contribution < -0.4 is 5.43 Å². The predicted octanol–water partition coefficient (Wildman–Crippen LogP) is 3.97. The summed E-state index contributed by atoms with van der Waals surface area (Å²) in [6, 6.07) is 21.6. The summed E-state index contributed by atoms with van der Waals surface area (Å²) in [7, 11) is 0. The second-order valence-electron chi connectivity index (χ2n) is 6.21. The second-order valence-corrected chi connectivity index (χ2v) is 6.21. The van der Waals surface area contributed by atoms with E-state index in [9.17, 15) is 14.9 Å². The fraction of sp³-hybridized carbons (Fsp3) is 0.0476. The van der Waals surface area contributed by atoms with E-state index < -0.39 is 4.92 Å². The molecule has 4 aromatic rings. The number of hydrazone groups is 1. The Morgan fingerprint density at radius 3 is 2.29 bits per heavy atom. The molecule has 7 heteroatoms. The number of fused-ring (bicyclic) bond motifs is 3. The number of carbonyl (C=O) groups is 1. The highest BCUT2D eigenvalue weighted by atomic mass is 16.6. The van der Waals surface area contributed by atoms with E-state index in [0.717, 1.165) is 21.8 Å². The van der Waals surface area contributed by atoms with Crippen molar-refractivity contribution in [3.05, 3.63) is 88.5 Å². The van der Waals surface area contributed by atoms with E-state index in [1.165, 1.54) is 18.3 Å². The normalized spacial score (nSPS) is 11.3. The van der Waals surface area contributed by atoms with E-state index in [1.54, 1.807) is 16.7 Å². The molecular weight excluding hydrogens is 356 g/mol. The standard InChI is InChI=1S/C21H16N4O3/c26-21(14-23-22-13-15-6-5-7-16(12-15)25(27)28)24-19-10-3-1-8-17(19)18-9-2-4-11-20(18)24/h1-13,23H,14H2/b22-13+. The van der Waals surface area contributed by atoms with Gasteiger partial charge in [-0.15, -0.1) is 0 Å². The Morgan fingerprint density at radius 1 is 1.00 bits per heavy atom. The molecule has 0 bridgehead atoms. The van der Waals surface area contributed by atoms with Crippen LogP contribution in [0.25, 0.3) is 21.8 Å². The first-order valence-electron chi connectivity index (χ1n) is 8.67. The van der Waals surface area contributed by atoms with Gasteiger partial charge in [-0.25, -0.2) is 0 Å². The minimum absolute atomic E-state index is 0.00586. The zero-order valence-electron chi connectivity index (χ0n) is 14.8. The summed E-state index contributed by atoms with van der Waals surface area (Å²) in [5, 5.41) is 16.9. The number of nitro groups is 1. The first kappa shape index (κ1) is 17.4. The summed E-state index contributed by atoms with van der Waals surface area (Å²) >= 11 is 0. The summed E-state index contributed by atoms with van der Waals surface area (Å²) in [5.74, 6) is -0.145. The van der Waals surface area contributed by atoms with E-state index in [-0.39, 0.29) is 18.1 Å². The van der Waals surface area contributed by atoms with Crippen LogP contribution >= 0.6 is 0 Å². The van der Waals surface area contributed by atoms with Crippen LogP contribution in [-0.4, -0.2) is 28.2 Å². The van der Waals surface area contributed by atoms with Gasteiger partial charge in [0.2, 0.25) is 0 Å². The van der Waals surface area contributed by atoms with Gasteiger partial charge in [-0.3, -0.25) is 19.5 Å². The molecule has 0 amide bonds. The third-order valence-corrected chi connectivity index (χ3v) is 4.45. The molecule has 0 spiro atoms. The fourth-order valence-corrected chi connectivity index (χ4v) is 3.22. The number of non-ortho nitro benzene ring substituents is 1. The molecular formula is C21H16N4O3. The SMILES string of the molecule is O=C(CN/N=C/c1cccc([N+](=O)[O-])c1)n1c2ccccc2c2ccccc21. The molecule has 0 aliphatic heterocycles. The molecule has 0 saturated carbocycles. The number of para-hydroxylation sites is 2. The van der Waals surface area contributed by atoms with Crippen molar-refractivity contribution in [1.82, 2.24) is 9.99 Å². The lowest BCUT2D eigenvalue weighted by Gasteiger charge is -2.05. The zero-order valence-corrected chi connectivity index (χ0v) is 14.8. The predicted molar refractivity (Wildman–Crippen MR) is 109 cm³/mol. The van der Waals surface area contributed by atoms with Crippen molar-refractivity contribution >= 4 is 39.6 Å². The number of hydrogen-bond donors (Lipinski definition) is 1. The number of aromatic nitrogens is 1. The molecule has 7 nitrogen and oxygen atoms in total. The Morgan fingerprint density at radius 2 is 1.64 bits per heavy atom. The van der Waals surface area contributed by atoms with Gasteiger partial charge >= 0.3 is 0 Å². The topological polar surface area (TPSA) is 89.5 Å². The zero-order chi connectivity index (χ0) is 19.5. The van der Waals surface area contributed by atoms with Crippen LogP contribution in [0.4, 0.5) is 5.69 Å². The molecule has 3 aromatic carbocycles. The maximum Gasteiger partial charge on any atom is 0.270 e. The van der Waals surface area contributed by atoms with Crippen molar-refractivity contribution in [3.8, 4) is 0 Å². The average molecular weight is 372 g/mol. The number of rotatable bonds is 5. The summed E-state index contributed by atoms with van der Waals surface area (Å²) < 4.78 is 1.68. The van der Waals surface area contributed by atoms with E-state index in [2.05, 4.69) is 10.5 Å². The van der Waals surface area contributed by atoms with Crippen molar-refractivity contribution in [2.24, 2.45) is 5.10 Å². The number of nitrogens with one attached hydrogen (secondary N) is 1. The highest BCUT2D eigenvalue weighted by molar-refractivity contribution is 6.13. The van der Waals surface area contributed by atoms with Crippen LogP contribution in [0, 0.1) is 10.1 Å². The van der Waals surface area contributed by atoms with Crippen LogP contribution in [-0.2, 0) is 0 Å². The van der Waals surface area contributed by atoms with Gasteiger partial charge in [0.05, 0.1) is 22.2 Å². The molecule has 0 aliphatic carbocycles. The van der Waals surface area contributed by atoms with Gasteiger partial charge in [0.15, 0.2) is 0 Å². The molecule has 1 heterocycles. The number of nitrogens with zero attached hydrogens (tertiary/aromatic N) is 3. The maximum absolute atomic E-state index is 12.8. The third kappa shape index (κ3) is 3.21. The highest BCUT2D eigenvalue weighted by Crippen LogP contribution is 2.28. The van der Waals surface area contributed by atoms with Crippen LogP contribution in [0.15, 0.2) is 77.9 Å². The number of carbonyl (C=O) groups excluding carboxylic acids is 1. The van der Waals surface area contributed by atoms with E-state index in [1.807, 2.05) is 48.5 Å². The molecule has 1 N–H and O–H groups in total. The summed E-state index contributed by atoms with van der Waals surface area (Å²) in [6.45, 7) is -0.00586. The van der Waals surface area contributed by atoms with Crippen molar-refractivity contribution < 1.29 is 9.72 Å². The molecule has 1 aromatic heterocycles. The van der Waals surface area contributed by atoms with Gasteiger partial charge in [-0.2, -0.15) is 5.10 Å². The maximum atomic E-state index is 12.8. The lowest BCUT2D eigenvalue weighted by atomic mass is 10.2. The monoisotopic (exact) mass is 372 g/mol. The lowest BCUT2D eigenvalue weighted by Crippen LogP contribution is -2.23. The van der Waals surface area contributed by atoms with Gasteiger partial charge in [0.25, 0.3) is 11.6 Å². The van der Waals surface area contributed by atoms with Crippen molar-refractivity contribution in [2.45, 2.75) is 0 Å². The Kier molecular flexibility index (Phi) is 4.55. The average Bonchev–Trinajstić information content (AvgIpc) is 3.06. The van der Waals surface area contributed by atoms with Gasteiger partial charge in [0.1, 0.15) is 6.54 Å². The molecule has 28 heavy (non-hydrogen) atoms. The van der Waals surface area contributed by atoms with Crippen molar-refractivity contribution in [2.75, 3.05) is 6.54 Å². The van der Waals surface area contributed by atoms with Gasteiger partial charge < -0.3 is 5.43 Å². The second kappa shape index (κ2) is 7.32. The van der Waals surface area contributed by atoms with Crippen LogP contribution in [0.5, 0.6) is 0 Å². The fourth-order valence-electron chi connectivity index (χ4n) is 3.22. The Balaban J connectivity index is 1.54. The first-order valence-corrected chi connectivity index (χ1v) is 8.67. The Bertz CT molecular complexity index is 1170. The lowest BCUT2D eigenvalue weighted by molar-refractivity contribution is -0.384. The van der Waals surface area contributed by atoms with Gasteiger partial charge in [-0.1, -0.05) is 48.5 Å². The minimum atomic E-state index is -0.462. The molecule has 0 unspecified atom stereocenters. The van der Waals surface area contributed by atoms with Gasteiger partial charge in [0, 0.05) is 28.5 Å². The van der Waals surface area contributed by atoms with Gasteiger partial charge in [-0.05, 0) is 12.1 Å². The molecule has 0 atom stereocenters. The Labute approximate surface area is 160 Å². The molecule has 0 aliphatic rings. The summed E-state index contributed by atoms with van der Waals surface area (Å²) in [5.41, 5.74) is 4.99. The molecule has 4 rings (SSSR count). The summed E-state index contributed by atoms with van der Waals surface area (Å²) in [6.07, 6.45) is 1.45. The van der Waals surface area contributed by atoms with E-state index in [4.69, 9.17) is 0 Å². The van der Waals surface area contributed by atoms with Crippen LogP contribution in [0.2, 0.25) is 0 Å². The smallest absolute Gasteiger partial charge is 0.270 e. The minimum Gasteiger partial charge on any atom is -0.301 e.